The molecular formula is C24H24Cl2FN3O3. The van der Waals surface area contributed by atoms with Crippen molar-refractivity contribution < 1.29 is 18.7 Å². The molecule has 0 fully saturated rings. The molecule has 0 aliphatic carbocycles. The molecule has 0 spiro atoms. The number of hydrogen-bond donors (Lipinski definition) is 2. The maximum atomic E-state index is 13.9. The lowest BCUT2D eigenvalue weighted by atomic mass is 10.0. The van der Waals surface area contributed by atoms with Crippen LogP contribution < -0.4 is 15.8 Å². The summed E-state index contributed by atoms with van der Waals surface area (Å²) in [4.78, 5) is 16.4. The molecule has 174 valence electrons. The van der Waals surface area contributed by atoms with E-state index in [-0.39, 0.29) is 21.8 Å². The number of nitrogens with zero attached hydrogens (tertiary/aromatic N) is 1. The van der Waals surface area contributed by atoms with Crippen molar-refractivity contribution in [2.24, 2.45) is 0 Å². The van der Waals surface area contributed by atoms with Gasteiger partial charge in [0.15, 0.2) is 11.6 Å². The van der Waals surface area contributed by atoms with Crippen LogP contribution in [0.4, 0.5) is 10.2 Å². The number of halogens is 3. The fourth-order valence-electron chi connectivity index (χ4n) is 3.21. The second-order valence-corrected chi connectivity index (χ2v) is 8.09. The molecule has 0 saturated heterocycles. The van der Waals surface area contributed by atoms with Crippen LogP contribution in [0, 0.1) is 5.82 Å². The van der Waals surface area contributed by atoms with Gasteiger partial charge < -0.3 is 20.5 Å². The molecule has 9 heteroatoms. The number of amides is 1. The van der Waals surface area contributed by atoms with Gasteiger partial charge in [0.1, 0.15) is 11.9 Å². The molecule has 3 rings (SSSR count). The van der Waals surface area contributed by atoms with E-state index >= 15 is 0 Å². The monoisotopic (exact) mass is 491 g/mol. The molecule has 2 aromatic carbocycles. The molecule has 0 aliphatic heterocycles. The first-order valence-corrected chi connectivity index (χ1v) is 11.0. The smallest absolute Gasteiger partial charge is 0.251 e. The number of nitrogens with one attached hydrogen (secondary N) is 1. The predicted molar refractivity (Wildman–Crippen MR) is 128 cm³/mol. The SMILES string of the molecule is COCCCNC(=O)c1ccc(-c2cnc(N)c(OC(C)c3c(Cl)ccc(F)c3Cl)c2)cc1. The maximum Gasteiger partial charge on any atom is 0.251 e. The summed E-state index contributed by atoms with van der Waals surface area (Å²) in [5.41, 5.74) is 8.41. The van der Waals surface area contributed by atoms with E-state index in [0.29, 0.717) is 30.0 Å². The van der Waals surface area contributed by atoms with Gasteiger partial charge in [0, 0.05) is 48.2 Å². The zero-order valence-electron chi connectivity index (χ0n) is 18.2. The Labute approximate surface area is 201 Å². The van der Waals surface area contributed by atoms with Gasteiger partial charge in [-0.15, -0.1) is 0 Å². The minimum Gasteiger partial charge on any atom is -0.482 e. The molecule has 1 heterocycles. The highest BCUT2D eigenvalue weighted by atomic mass is 35.5. The van der Waals surface area contributed by atoms with E-state index in [1.165, 1.54) is 12.1 Å². The average molecular weight is 492 g/mol. The van der Waals surface area contributed by atoms with Crippen molar-refractivity contribution in [3.8, 4) is 16.9 Å². The van der Waals surface area contributed by atoms with E-state index in [1.54, 1.807) is 38.4 Å². The summed E-state index contributed by atoms with van der Waals surface area (Å²) in [6.45, 7) is 2.82. The fourth-order valence-corrected chi connectivity index (χ4v) is 3.88. The fraction of sp³-hybridized carbons (Fsp3) is 0.250. The number of nitrogen functional groups attached to an aromatic ring is 1. The Balaban J connectivity index is 1.76. The minimum absolute atomic E-state index is 0.103. The van der Waals surface area contributed by atoms with E-state index in [2.05, 4.69) is 10.3 Å². The molecule has 1 amide bonds. The van der Waals surface area contributed by atoms with Crippen LogP contribution in [0.3, 0.4) is 0 Å². The lowest BCUT2D eigenvalue weighted by Gasteiger charge is -2.19. The van der Waals surface area contributed by atoms with Gasteiger partial charge in [-0.2, -0.15) is 0 Å². The normalized spacial score (nSPS) is 11.8. The number of rotatable bonds is 9. The highest BCUT2D eigenvalue weighted by Gasteiger charge is 2.20. The van der Waals surface area contributed by atoms with Crippen LogP contribution in [0.25, 0.3) is 11.1 Å². The maximum absolute atomic E-state index is 13.9. The third-order valence-corrected chi connectivity index (χ3v) is 5.68. The summed E-state index contributed by atoms with van der Waals surface area (Å²) in [6, 6.07) is 11.4. The van der Waals surface area contributed by atoms with Crippen molar-refractivity contribution in [1.82, 2.24) is 10.3 Å². The van der Waals surface area contributed by atoms with Gasteiger partial charge in [0.05, 0.1) is 5.02 Å². The molecule has 0 saturated carbocycles. The third-order valence-electron chi connectivity index (χ3n) is 4.96. The first-order valence-electron chi connectivity index (χ1n) is 10.2. The first-order chi connectivity index (χ1) is 15.8. The lowest BCUT2D eigenvalue weighted by molar-refractivity contribution is 0.0948. The van der Waals surface area contributed by atoms with Gasteiger partial charge >= 0.3 is 0 Å². The number of aromatic nitrogens is 1. The third kappa shape index (κ3) is 6.13. The Morgan fingerprint density at radius 1 is 1.18 bits per heavy atom. The van der Waals surface area contributed by atoms with Crippen LogP contribution in [-0.4, -0.2) is 31.2 Å². The predicted octanol–water partition coefficient (Wildman–Crippen LogP) is 5.68. The van der Waals surface area contributed by atoms with Gasteiger partial charge in [-0.05, 0) is 49.2 Å². The van der Waals surface area contributed by atoms with Gasteiger partial charge in [0.2, 0.25) is 0 Å². The summed E-state index contributed by atoms with van der Waals surface area (Å²) < 4.78 is 24.8. The topological polar surface area (TPSA) is 86.5 Å². The van der Waals surface area contributed by atoms with E-state index in [4.69, 9.17) is 38.4 Å². The molecule has 1 unspecified atom stereocenters. The average Bonchev–Trinajstić information content (AvgIpc) is 2.81. The van der Waals surface area contributed by atoms with Crippen molar-refractivity contribution in [3.05, 3.63) is 75.7 Å². The number of pyridine rings is 1. The Bertz CT molecular complexity index is 1130. The number of benzene rings is 2. The zero-order chi connectivity index (χ0) is 24.0. The number of ether oxygens (including phenoxy) is 2. The standard InChI is InChI=1S/C24H24Cl2FN3O3/c1-14(21-18(25)8-9-19(27)22(21)26)33-20-12-17(13-30-23(20)28)15-4-6-16(7-5-15)24(31)29-10-3-11-32-2/h4-9,12-14H,3,10-11H2,1-2H3,(H2,28,30)(H,29,31). The molecule has 0 radical (unpaired) electrons. The molecular weight excluding hydrogens is 468 g/mol. The Morgan fingerprint density at radius 2 is 1.91 bits per heavy atom. The van der Waals surface area contributed by atoms with Crippen LogP contribution in [0.1, 0.15) is 35.4 Å². The summed E-state index contributed by atoms with van der Waals surface area (Å²) in [5.74, 6) is -0.276. The molecule has 6 nitrogen and oxygen atoms in total. The molecule has 1 aromatic heterocycles. The number of carbonyl (C=O) groups excluding carboxylic acids is 1. The van der Waals surface area contributed by atoms with Crippen LogP contribution in [0.5, 0.6) is 5.75 Å². The van der Waals surface area contributed by atoms with Gasteiger partial charge in [-0.25, -0.2) is 9.37 Å². The number of carbonyl (C=O) groups is 1. The van der Waals surface area contributed by atoms with Gasteiger partial charge in [-0.1, -0.05) is 35.3 Å². The summed E-state index contributed by atoms with van der Waals surface area (Å²) in [5, 5.41) is 3.03. The first kappa shape index (κ1) is 24.8. The Hall–Kier alpha value is -2.87. The van der Waals surface area contributed by atoms with E-state index in [9.17, 15) is 9.18 Å². The van der Waals surface area contributed by atoms with Gasteiger partial charge in [0.25, 0.3) is 5.91 Å². The second kappa shape index (κ2) is 11.3. The van der Waals surface area contributed by atoms with Gasteiger partial charge in [-0.3, -0.25) is 4.79 Å². The number of anilines is 1. The lowest BCUT2D eigenvalue weighted by Crippen LogP contribution is -2.25. The van der Waals surface area contributed by atoms with E-state index < -0.39 is 11.9 Å². The molecule has 1 atom stereocenters. The van der Waals surface area contributed by atoms with Crippen LogP contribution in [0.2, 0.25) is 10.0 Å². The van der Waals surface area contributed by atoms with Crippen LogP contribution >= 0.6 is 23.2 Å². The minimum atomic E-state index is -0.677. The quantitative estimate of drug-likeness (QED) is 0.296. The second-order valence-electron chi connectivity index (χ2n) is 7.30. The van der Waals surface area contributed by atoms with Crippen molar-refractivity contribution in [2.75, 3.05) is 26.0 Å². The van der Waals surface area contributed by atoms with Crippen molar-refractivity contribution in [3.63, 3.8) is 0 Å². The summed E-state index contributed by atoms with van der Waals surface area (Å²) in [7, 11) is 1.62. The number of methoxy groups -OCH3 is 1. The van der Waals surface area contributed by atoms with Crippen molar-refractivity contribution >= 4 is 34.9 Å². The summed E-state index contributed by atoms with van der Waals surface area (Å²) in [6.07, 6.45) is 1.67. The Morgan fingerprint density at radius 3 is 2.61 bits per heavy atom. The molecule has 3 aromatic rings. The molecule has 33 heavy (non-hydrogen) atoms. The van der Waals surface area contributed by atoms with Crippen molar-refractivity contribution in [1.29, 1.82) is 0 Å². The number of nitrogens with two attached hydrogens (primary N) is 1. The largest absolute Gasteiger partial charge is 0.482 e. The van der Waals surface area contributed by atoms with Crippen molar-refractivity contribution in [2.45, 2.75) is 19.4 Å². The van der Waals surface area contributed by atoms with Crippen LogP contribution in [0.15, 0.2) is 48.7 Å². The number of hydrogen-bond acceptors (Lipinski definition) is 5. The highest BCUT2D eigenvalue weighted by Crippen LogP contribution is 2.37. The molecule has 0 bridgehead atoms. The zero-order valence-corrected chi connectivity index (χ0v) is 19.7. The molecule has 3 N–H and O–H groups in total. The summed E-state index contributed by atoms with van der Waals surface area (Å²) >= 11 is 12.3. The van der Waals surface area contributed by atoms with Crippen LogP contribution in [-0.2, 0) is 4.74 Å². The van der Waals surface area contributed by atoms with E-state index in [1.807, 2.05) is 12.1 Å². The van der Waals surface area contributed by atoms with E-state index in [0.717, 1.165) is 17.5 Å². The molecule has 0 aliphatic rings. The highest BCUT2D eigenvalue weighted by molar-refractivity contribution is 6.36. The Kier molecular flexibility index (Phi) is 8.49.